The number of aliphatic hydroxyl groups is 1. The molecule has 0 fully saturated rings. The molecule has 0 heterocycles. The molecule has 1 aromatic rings. The lowest BCUT2D eigenvalue weighted by molar-refractivity contribution is 0.301. The van der Waals surface area contributed by atoms with Crippen LogP contribution in [0.4, 0.5) is 20.2 Å². The SMILES string of the molecule is CCCCN(CCO)c1c(N)ccc(F)c1F. The first-order chi connectivity index (χ1) is 8.11. The van der Waals surface area contributed by atoms with Gasteiger partial charge in [-0.25, -0.2) is 8.78 Å². The average Bonchev–Trinajstić information content (AvgIpc) is 2.31. The van der Waals surface area contributed by atoms with Crippen LogP contribution in [0.25, 0.3) is 0 Å². The van der Waals surface area contributed by atoms with Crippen LogP contribution in [0.2, 0.25) is 0 Å². The zero-order valence-corrected chi connectivity index (χ0v) is 9.92. The molecule has 0 amide bonds. The number of nitrogen functional groups attached to an aromatic ring is 1. The van der Waals surface area contributed by atoms with E-state index in [4.69, 9.17) is 10.8 Å². The number of nitrogens with two attached hydrogens (primary N) is 1. The van der Waals surface area contributed by atoms with E-state index in [9.17, 15) is 8.78 Å². The van der Waals surface area contributed by atoms with Crippen LogP contribution in [0.1, 0.15) is 19.8 Å². The minimum absolute atomic E-state index is 0.0486. The van der Waals surface area contributed by atoms with Crippen molar-refractivity contribution in [3.05, 3.63) is 23.8 Å². The van der Waals surface area contributed by atoms with Gasteiger partial charge < -0.3 is 15.7 Å². The topological polar surface area (TPSA) is 49.5 Å². The summed E-state index contributed by atoms with van der Waals surface area (Å²) in [4.78, 5) is 1.58. The number of aliphatic hydroxyl groups excluding tert-OH is 1. The number of benzene rings is 1. The molecule has 0 aromatic heterocycles. The van der Waals surface area contributed by atoms with Gasteiger partial charge in [-0.1, -0.05) is 13.3 Å². The van der Waals surface area contributed by atoms with Gasteiger partial charge in [0.2, 0.25) is 0 Å². The third-order valence-corrected chi connectivity index (χ3v) is 2.57. The number of nitrogens with zero attached hydrogens (tertiary/aromatic N) is 1. The van der Waals surface area contributed by atoms with Crippen LogP contribution in [0.3, 0.4) is 0 Å². The van der Waals surface area contributed by atoms with Crippen LogP contribution < -0.4 is 10.6 Å². The Labute approximate surface area is 99.8 Å². The molecule has 0 aliphatic rings. The van der Waals surface area contributed by atoms with E-state index in [-0.39, 0.29) is 24.5 Å². The van der Waals surface area contributed by atoms with Crippen LogP contribution >= 0.6 is 0 Å². The first-order valence-electron chi connectivity index (χ1n) is 5.71. The van der Waals surface area contributed by atoms with E-state index in [1.54, 1.807) is 4.90 Å². The van der Waals surface area contributed by atoms with Gasteiger partial charge in [-0.3, -0.25) is 0 Å². The van der Waals surface area contributed by atoms with Crippen molar-refractivity contribution in [2.45, 2.75) is 19.8 Å². The van der Waals surface area contributed by atoms with Crippen molar-refractivity contribution in [2.24, 2.45) is 0 Å². The second-order valence-electron chi connectivity index (χ2n) is 3.86. The van der Waals surface area contributed by atoms with Gasteiger partial charge in [0, 0.05) is 13.1 Å². The summed E-state index contributed by atoms with van der Waals surface area (Å²) in [6, 6.07) is 2.34. The number of anilines is 2. The summed E-state index contributed by atoms with van der Waals surface area (Å²) in [5, 5.41) is 8.95. The monoisotopic (exact) mass is 244 g/mol. The summed E-state index contributed by atoms with van der Waals surface area (Å²) in [6.07, 6.45) is 1.76. The maximum atomic E-state index is 13.7. The molecule has 17 heavy (non-hydrogen) atoms. The maximum absolute atomic E-state index is 13.7. The molecule has 0 atom stereocenters. The first-order valence-corrected chi connectivity index (χ1v) is 5.71. The van der Waals surface area contributed by atoms with Crippen LogP contribution in [0, 0.1) is 11.6 Å². The lowest BCUT2D eigenvalue weighted by Crippen LogP contribution is -2.29. The van der Waals surface area contributed by atoms with Crippen LogP contribution in [-0.4, -0.2) is 24.8 Å². The van der Waals surface area contributed by atoms with Crippen molar-refractivity contribution >= 4 is 11.4 Å². The van der Waals surface area contributed by atoms with Crippen LogP contribution in [-0.2, 0) is 0 Å². The third kappa shape index (κ3) is 3.30. The molecule has 0 radical (unpaired) electrons. The quantitative estimate of drug-likeness (QED) is 0.754. The second-order valence-corrected chi connectivity index (χ2v) is 3.86. The highest BCUT2D eigenvalue weighted by Crippen LogP contribution is 2.28. The lowest BCUT2D eigenvalue weighted by atomic mass is 10.2. The molecule has 0 aliphatic heterocycles. The van der Waals surface area contributed by atoms with Crippen molar-refractivity contribution in [1.82, 2.24) is 0 Å². The summed E-state index contributed by atoms with van der Waals surface area (Å²) < 4.78 is 26.8. The summed E-state index contributed by atoms with van der Waals surface area (Å²) in [5.41, 5.74) is 5.90. The molecule has 1 aromatic carbocycles. The fourth-order valence-corrected chi connectivity index (χ4v) is 1.68. The van der Waals surface area contributed by atoms with Gasteiger partial charge in [0.15, 0.2) is 11.6 Å². The molecule has 1 rings (SSSR count). The van der Waals surface area contributed by atoms with Crippen molar-refractivity contribution in [1.29, 1.82) is 0 Å². The third-order valence-electron chi connectivity index (χ3n) is 2.57. The highest BCUT2D eigenvalue weighted by atomic mass is 19.2. The molecule has 0 saturated carbocycles. The van der Waals surface area contributed by atoms with Crippen LogP contribution in [0.5, 0.6) is 0 Å². The zero-order chi connectivity index (χ0) is 12.8. The van der Waals surface area contributed by atoms with E-state index < -0.39 is 11.6 Å². The average molecular weight is 244 g/mol. The number of unbranched alkanes of at least 4 members (excludes halogenated alkanes) is 1. The molecule has 3 nitrogen and oxygen atoms in total. The van der Waals surface area contributed by atoms with Gasteiger partial charge in [-0.2, -0.15) is 0 Å². The van der Waals surface area contributed by atoms with Crippen LogP contribution in [0.15, 0.2) is 12.1 Å². The maximum Gasteiger partial charge on any atom is 0.184 e. The van der Waals surface area contributed by atoms with Gasteiger partial charge in [-0.15, -0.1) is 0 Å². The number of halogens is 2. The predicted molar refractivity (Wildman–Crippen MR) is 65.0 cm³/mol. The predicted octanol–water partition coefficient (Wildman–Crippen LogP) is 2.15. The highest BCUT2D eigenvalue weighted by molar-refractivity contribution is 5.68. The van der Waals surface area contributed by atoms with Crippen molar-refractivity contribution in [3.63, 3.8) is 0 Å². The molecule has 0 bridgehead atoms. The van der Waals surface area contributed by atoms with E-state index in [1.165, 1.54) is 6.07 Å². The Morgan fingerprint density at radius 3 is 2.59 bits per heavy atom. The fraction of sp³-hybridized carbons (Fsp3) is 0.500. The van der Waals surface area contributed by atoms with E-state index in [2.05, 4.69) is 0 Å². The second kappa shape index (κ2) is 6.39. The summed E-state index contributed by atoms with van der Waals surface area (Å²) in [5.74, 6) is -1.87. The normalized spacial score (nSPS) is 10.6. The summed E-state index contributed by atoms with van der Waals surface area (Å²) in [6.45, 7) is 2.66. The molecule has 3 N–H and O–H groups in total. The lowest BCUT2D eigenvalue weighted by Gasteiger charge is -2.25. The van der Waals surface area contributed by atoms with E-state index in [0.29, 0.717) is 6.54 Å². The molecule has 0 aliphatic carbocycles. The number of hydrogen-bond acceptors (Lipinski definition) is 3. The summed E-state index contributed by atoms with van der Waals surface area (Å²) in [7, 11) is 0. The Kier molecular flexibility index (Phi) is 5.15. The fourth-order valence-electron chi connectivity index (χ4n) is 1.68. The standard InChI is InChI=1S/C12H18F2N2O/c1-2-3-6-16(7-8-17)12-10(15)5-4-9(13)11(12)14/h4-5,17H,2-3,6-8,15H2,1H3. The van der Waals surface area contributed by atoms with Gasteiger partial charge in [0.1, 0.15) is 0 Å². The Morgan fingerprint density at radius 2 is 2.00 bits per heavy atom. The summed E-state index contributed by atoms with van der Waals surface area (Å²) >= 11 is 0. The Hall–Kier alpha value is -1.36. The van der Waals surface area contributed by atoms with Crippen molar-refractivity contribution < 1.29 is 13.9 Å². The van der Waals surface area contributed by atoms with Gasteiger partial charge in [-0.05, 0) is 18.6 Å². The Balaban J connectivity index is 3.03. The molecule has 5 heteroatoms. The van der Waals surface area contributed by atoms with E-state index in [0.717, 1.165) is 18.9 Å². The Bertz CT molecular complexity index is 372. The molecule has 96 valence electrons. The van der Waals surface area contributed by atoms with Crippen molar-refractivity contribution in [2.75, 3.05) is 30.3 Å². The minimum Gasteiger partial charge on any atom is -0.397 e. The molecular formula is C12H18F2N2O. The minimum atomic E-state index is -0.949. The number of hydrogen-bond donors (Lipinski definition) is 2. The Morgan fingerprint density at radius 1 is 1.29 bits per heavy atom. The smallest absolute Gasteiger partial charge is 0.184 e. The van der Waals surface area contributed by atoms with E-state index in [1.807, 2.05) is 6.92 Å². The van der Waals surface area contributed by atoms with E-state index >= 15 is 0 Å². The molecule has 0 unspecified atom stereocenters. The molecular weight excluding hydrogens is 226 g/mol. The van der Waals surface area contributed by atoms with Crippen molar-refractivity contribution in [3.8, 4) is 0 Å². The molecule has 0 spiro atoms. The zero-order valence-electron chi connectivity index (χ0n) is 9.92. The largest absolute Gasteiger partial charge is 0.397 e. The van der Waals surface area contributed by atoms with Gasteiger partial charge in [0.25, 0.3) is 0 Å². The van der Waals surface area contributed by atoms with Gasteiger partial charge in [0.05, 0.1) is 18.0 Å². The number of rotatable bonds is 6. The first kappa shape index (κ1) is 13.7. The van der Waals surface area contributed by atoms with Gasteiger partial charge >= 0.3 is 0 Å². The molecule has 0 saturated heterocycles. The highest BCUT2D eigenvalue weighted by Gasteiger charge is 2.17.